The van der Waals surface area contributed by atoms with Crippen molar-refractivity contribution in [3.8, 4) is 5.75 Å². The van der Waals surface area contributed by atoms with Crippen molar-refractivity contribution in [3.05, 3.63) is 23.0 Å². The molecule has 1 unspecified atom stereocenters. The molecule has 1 saturated heterocycles. The monoisotopic (exact) mass is 296 g/mol. The summed E-state index contributed by atoms with van der Waals surface area (Å²) in [5, 5.41) is 19.7. The number of aromatic hydroxyl groups is 1. The summed E-state index contributed by atoms with van der Waals surface area (Å²) in [4.78, 5) is 17.8. The van der Waals surface area contributed by atoms with Gasteiger partial charge in [-0.2, -0.15) is 0 Å². The van der Waals surface area contributed by atoms with E-state index in [1.165, 1.54) is 0 Å². The van der Waals surface area contributed by atoms with Crippen molar-refractivity contribution in [1.82, 2.24) is 9.88 Å². The first-order valence-corrected chi connectivity index (χ1v) is 7.81. The third-order valence-electron chi connectivity index (χ3n) is 3.53. The summed E-state index contributed by atoms with van der Waals surface area (Å²) in [5.41, 5.74) is 1.70. The van der Waals surface area contributed by atoms with E-state index in [2.05, 4.69) is 11.9 Å². The van der Waals surface area contributed by atoms with Gasteiger partial charge in [-0.15, -0.1) is 11.8 Å². The smallest absolute Gasteiger partial charge is 0.233 e. The summed E-state index contributed by atoms with van der Waals surface area (Å²) in [6.45, 7) is 3.95. The Morgan fingerprint density at radius 3 is 2.95 bits per heavy atom. The van der Waals surface area contributed by atoms with Crippen LogP contribution in [0.4, 0.5) is 0 Å². The highest BCUT2D eigenvalue weighted by atomic mass is 32.2. The van der Waals surface area contributed by atoms with Crippen LogP contribution >= 0.6 is 11.8 Å². The largest absolute Gasteiger partial charge is 0.506 e. The second-order valence-corrected chi connectivity index (χ2v) is 6.10. The molecule has 1 amide bonds. The van der Waals surface area contributed by atoms with Crippen LogP contribution in [0.15, 0.2) is 6.20 Å². The van der Waals surface area contributed by atoms with Crippen molar-refractivity contribution in [2.75, 3.05) is 5.75 Å². The van der Waals surface area contributed by atoms with Gasteiger partial charge >= 0.3 is 0 Å². The van der Waals surface area contributed by atoms with Crippen molar-refractivity contribution in [2.24, 2.45) is 0 Å². The molecule has 2 heterocycles. The number of thioether (sulfide) groups is 1. The Morgan fingerprint density at radius 2 is 2.30 bits per heavy atom. The van der Waals surface area contributed by atoms with E-state index in [1.807, 2.05) is 0 Å². The first-order valence-electron chi connectivity index (χ1n) is 6.76. The summed E-state index contributed by atoms with van der Waals surface area (Å²) in [6.07, 6.45) is 3.51. The number of hydrogen-bond donors (Lipinski definition) is 2. The molecule has 1 fully saturated rings. The van der Waals surface area contributed by atoms with E-state index < -0.39 is 0 Å². The Morgan fingerprint density at radius 1 is 1.55 bits per heavy atom. The molecule has 0 spiro atoms. The number of hydrogen-bond acceptors (Lipinski definition) is 5. The molecule has 1 aliphatic heterocycles. The molecule has 5 nitrogen and oxygen atoms in total. The van der Waals surface area contributed by atoms with Crippen molar-refractivity contribution >= 4 is 17.7 Å². The number of aromatic nitrogens is 1. The van der Waals surface area contributed by atoms with Gasteiger partial charge in [-0.3, -0.25) is 9.78 Å². The van der Waals surface area contributed by atoms with Crippen LogP contribution in [0, 0.1) is 6.92 Å². The second kappa shape index (κ2) is 6.45. The summed E-state index contributed by atoms with van der Waals surface area (Å²) in [7, 11) is 0. The predicted octanol–water partition coefficient (Wildman–Crippen LogP) is 1.79. The number of pyridine rings is 1. The quantitative estimate of drug-likeness (QED) is 0.866. The number of nitrogens with zero attached hydrogens (tertiary/aromatic N) is 2. The predicted molar refractivity (Wildman–Crippen MR) is 78.3 cm³/mol. The molecule has 0 radical (unpaired) electrons. The maximum atomic E-state index is 12.0. The van der Waals surface area contributed by atoms with Gasteiger partial charge in [0.05, 0.1) is 30.0 Å². The molecule has 0 saturated carbocycles. The fourth-order valence-corrected chi connectivity index (χ4v) is 3.62. The molecule has 1 aromatic heterocycles. The number of rotatable bonds is 5. The number of aryl methyl sites for hydroxylation is 1. The van der Waals surface area contributed by atoms with E-state index in [0.29, 0.717) is 29.1 Å². The molecule has 2 rings (SSSR count). The molecule has 0 bridgehead atoms. The fourth-order valence-electron chi connectivity index (χ4n) is 2.34. The number of aliphatic hydroxyl groups is 1. The zero-order chi connectivity index (χ0) is 14.7. The van der Waals surface area contributed by atoms with Crippen LogP contribution in [0.25, 0.3) is 0 Å². The lowest BCUT2D eigenvalue weighted by atomic mass is 10.1. The molecule has 0 aromatic carbocycles. The van der Waals surface area contributed by atoms with E-state index in [9.17, 15) is 15.0 Å². The van der Waals surface area contributed by atoms with Crippen LogP contribution in [0.1, 0.15) is 36.6 Å². The number of amides is 1. The molecule has 1 aromatic rings. The minimum absolute atomic E-state index is 0.0801. The summed E-state index contributed by atoms with van der Waals surface area (Å²) in [5.74, 6) is 0.659. The zero-order valence-corrected chi connectivity index (χ0v) is 12.6. The van der Waals surface area contributed by atoms with Gasteiger partial charge in [0.1, 0.15) is 5.75 Å². The van der Waals surface area contributed by atoms with Crippen molar-refractivity contribution in [1.29, 1.82) is 0 Å². The average Bonchev–Trinajstić information content (AvgIpc) is 2.77. The van der Waals surface area contributed by atoms with Gasteiger partial charge in [0, 0.05) is 17.3 Å². The van der Waals surface area contributed by atoms with E-state index >= 15 is 0 Å². The first kappa shape index (κ1) is 15.1. The Hall–Kier alpha value is -1.27. The maximum absolute atomic E-state index is 12.0. The fraction of sp³-hybridized carbons (Fsp3) is 0.571. The highest BCUT2D eigenvalue weighted by Gasteiger charge is 2.32. The summed E-state index contributed by atoms with van der Waals surface area (Å²) < 4.78 is 0. The van der Waals surface area contributed by atoms with Crippen LogP contribution in [0.5, 0.6) is 5.75 Å². The molecule has 1 atom stereocenters. The van der Waals surface area contributed by atoms with Gasteiger partial charge in [-0.25, -0.2) is 0 Å². The Bertz CT molecular complexity index is 507. The van der Waals surface area contributed by atoms with Crippen LogP contribution in [0.3, 0.4) is 0 Å². The Labute approximate surface area is 123 Å². The van der Waals surface area contributed by atoms with Gasteiger partial charge in [0.15, 0.2) is 0 Å². The molecule has 1 aliphatic rings. The molecular weight excluding hydrogens is 276 g/mol. The first-order chi connectivity index (χ1) is 9.58. The molecular formula is C14H20N2O3S. The van der Waals surface area contributed by atoms with Crippen LogP contribution < -0.4 is 0 Å². The lowest BCUT2D eigenvalue weighted by Gasteiger charge is -2.25. The van der Waals surface area contributed by atoms with E-state index in [-0.39, 0.29) is 23.6 Å². The van der Waals surface area contributed by atoms with E-state index in [0.717, 1.165) is 12.8 Å². The third-order valence-corrected chi connectivity index (χ3v) is 4.82. The van der Waals surface area contributed by atoms with E-state index in [4.69, 9.17) is 0 Å². The lowest BCUT2D eigenvalue weighted by molar-refractivity contribution is -0.128. The van der Waals surface area contributed by atoms with Gasteiger partial charge in [0.25, 0.3) is 0 Å². The molecule has 6 heteroatoms. The van der Waals surface area contributed by atoms with Gasteiger partial charge in [0.2, 0.25) is 5.91 Å². The standard InChI is InChI=1S/C14H20N2O3S/c1-3-4-13-16(12(18)8-20-13)6-11-10(7-17)5-15-9(2)14(11)19/h5,13,17,19H,3-4,6-8H2,1-2H3. The van der Waals surface area contributed by atoms with Crippen molar-refractivity contribution in [3.63, 3.8) is 0 Å². The second-order valence-electron chi connectivity index (χ2n) is 4.93. The van der Waals surface area contributed by atoms with Gasteiger partial charge in [-0.05, 0) is 13.3 Å². The Balaban J connectivity index is 2.28. The highest BCUT2D eigenvalue weighted by molar-refractivity contribution is 8.00. The Kier molecular flexibility index (Phi) is 4.88. The molecule has 2 N–H and O–H groups in total. The van der Waals surface area contributed by atoms with Gasteiger partial charge < -0.3 is 15.1 Å². The minimum atomic E-state index is -0.191. The van der Waals surface area contributed by atoms with Crippen LogP contribution in [0.2, 0.25) is 0 Å². The van der Waals surface area contributed by atoms with Crippen LogP contribution in [-0.4, -0.2) is 37.1 Å². The topological polar surface area (TPSA) is 73.7 Å². The number of aliphatic hydroxyl groups excluding tert-OH is 1. The van der Waals surface area contributed by atoms with Crippen molar-refractivity contribution < 1.29 is 15.0 Å². The highest BCUT2D eigenvalue weighted by Crippen LogP contribution is 2.33. The maximum Gasteiger partial charge on any atom is 0.233 e. The van der Waals surface area contributed by atoms with Crippen molar-refractivity contribution in [2.45, 2.75) is 45.2 Å². The average molecular weight is 296 g/mol. The molecule has 20 heavy (non-hydrogen) atoms. The summed E-state index contributed by atoms with van der Waals surface area (Å²) >= 11 is 1.64. The molecule has 110 valence electrons. The number of carbonyl (C=O) groups excluding carboxylic acids is 1. The number of carbonyl (C=O) groups is 1. The molecule has 0 aliphatic carbocycles. The minimum Gasteiger partial charge on any atom is -0.506 e. The van der Waals surface area contributed by atoms with E-state index in [1.54, 1.807) is 29.8 Å². The third kappa shape index (κ3) is 2.91. The normalized spacial score (nSPS) is 18.9. The van der Waals surface area contributed by atoms with Crippen LogP contribution in [-0.2, 0) is 17.9 Å². The lowest BCUT2D eigenvalue weighted by Crippen LogP contribution is -2.32. The van der Waals surface area contributed by atoms with Gasteiger partial charge in [-0.1, -0.05) is 13.3 Å². The SMILES string of the molecule is CCCC1SCC(=O)N1Cc1c(CO)cnc(C)c1O. The summed E-state index contributed by atoms with van der Waals surface area (Å²) in [6, 6.07) is 0. The zero-order valence-electron chi connectivity index (χ0n) is 11.8.